The first-order chi connectivity index (χ1) is 6.22. The van der Waals surface area contributed by atoms with Crippen LogP contribution < -0.4 is 11.1 Å². The second-order valence-electron chi connectivity index (χ2n) is 2.46. The van der Waals surface area contributed by atoms with E-state index in [0.717, 1.165) is 10.2 Å². The van der Waals surface area contributed by atoms with Crippen LogP contribution in [0.5, 0.6) is 0 Å². The fourth-order valence-electron chi connectivity index (χ4n) is 0.826. The van der Waals surface area contributed by atoms with Crippen molar-refractivity contribution >= 4 is 27.5 Å². The number of nitrogens with zero attached hydrogens (tertiary/aromatic N) is 1. The molecule has 1 rings (SSSR count). The number of nitrogens with two attached hydrogens (primary N) is 1. The van der Waals surface area contributed by atoms with Crippen molar-refractivity contribution in [3.05, 3.63) is 28.7 Å². The zero-order valence-electron chi connectivity index (χ0n) is 6.87. The van der Waals surface area contributed by atoms with Crippen LogP contribution in [-0.2, 0) is 0 Å². The van der Waals surface area contributed by atoms with Gasteiger partial charge in [0.1, 0.15) is 0 Å². The normalized spacial score (nSPS) is 11.3. The van der Waals surface area contributed by atoms with Gasteiger partial charge in [-0.3, -0.25) is 0 Å². The lowest BCUT2D eigenvalue weighted by atomic mass is 10.3. The quantitative estimate of drug-likeness (QED) is 0.327. The van der Waals surface area contributed by atoms with Gasteiger partial charge in [0.25, 0.3) is 0 Å². The molecule has 0 saturated heterocycles. The second-order valence-corrected chi connectivity index (χ2v) is 3.37. The van der Waals surface area contributed by atoms with E-state index in [1.54, 1.807) is 0 Å². The van der Waals surface area contributed by atoms with Gasteiger partial charge in [-0.15, -0.1) is 0 Å². The molecule has 5 heteroatoms. The topological polar surface area (TPSA) is 70.6 Å². The van der Waals surface area contributed by atoms with Gasteiger partial charge in [0.2, 0.25) is 0 Å². The second kappa shape index (κ2) is 4.71. The van der Waals surface area contributed by atoms with Crippen molar-refractivity contribution in [2.45, 2.75) is 0 Å². The van der Waals surface area contributed by atoms with Crippen molar-refractivity contribution in [2.75, 3.05) is 11.9 Å². The summed E-state index contributed by atoms with van der Waals surface area (Å²) < 4.78 is 0.983. The molecule has 0 bridgehead atoms. The standard InChI is InChI=1S/C8H10BrN3O/c9-6-2-1-3-7(4-6)11-5-8(10)12-13/h1-4,11,13H,5H2,(H2,10,12). The molecule has 0 radical (unpaired) electrons. The number of benzene rings is 1. The van der Waals surface area contributed by atoms with Crippen molar-refractivity contribution < 1.29 is 5.21 Å². The van der Waals surface area contributed by atoms with E-state index in [1.807, 2.05) is 24.3 Å². The number of hydrogen-bond donors (Lipinski definition) is 3. The predicted molar refractivity (Wildman–Crippen MR) is 56.0 cm³/mol. The maximum absolute atomic E-state index is 8.28. The molecule has 0 aliphatic carbocycles. The highest BCUT2D eigenvalue weighted by molar-refractivity contribution is 9.10. The third-order valence-corrected chi connectivity index (χ3v) is 1.92. The summed E-state index contributed by atoms with van der Waals surface area (Å²) >= 11 is 3.34. The number of rotatable bonds is 3. The van der Waals surface area contributed by atoms with Crippen LogP contribution in [0, 0.1) is 0 Å². The zero-order valence-corrected chi connectivity index (χ0v) is 8.45. The van der Waals surface area contributed by atoms with Gasteiger partial charge in [0, 0.05) is 10.2 Å². The van der Waals surface area contributed by atoms with Crippen LogP contribution in [-0.4, -0.2) is 17.6 Å². The van der Waals surface area contributed by atoms with Crippen molar-refractivity contribution in [1.82, 2.24) is 0 Å². The lowest BCUT2D eigenvalue weighted by Crippen LogP contribution is -2.22. The third-order valence-electron chi connectivity index (χ3n) is 1.43. The molecule has 0 spiro atoms. The minimum absolute atomic E-state index is 0.153. The molecule has 1 aromatic carbocycles. The fourth-order valence-corrected chi connectivity index (χ4v) is 1.23. The summed E-state index contributed by atoms with van der Waals surface area (Å²) in [5.41, 5.74) is 6.20. The molecule has 1 aromatic rings. The Kier molecular flexibility index (Phi) is 3.57. The number of oxime groups is 1. The lowest BCUT2D eigenvalue weighted by molar-refractivity contribution is 0.317. The van der Waals surface area contributed by atoms with Crippen LogP contribution in [0.25, 0.3) is 0 Å². The number of hydrogen-bond acceptors (Lipinski definition) is 3. The molecule has 0 aliphatic rings. The number of amidine groups is 1. The summed E-state index contributed by atoms with van der Waals surface area (Å²) in [6, 6.07) is 7.63. The summed E-state index contributed by atoms with van der Waals surface area (Å²) in [5, 5.41) is 14.1. The minimum atomic E-state index is 0.153. The molecular weight excluding hydrogens is 234 g/mol. The summed E-state index contributed by atoms with van der Waals surface area (Å²) in [7, 11) is 0. The summed E-state index contributed by atoms with van der Waals surface area (Å²) in [6.45, 7) is 0.326. The van der Waals surface area contributed by atoms with Crippen molar-refractivity contribution in [3.8, 4) is 0 Å². The monoisotopic (exact) mass is 243 g/mol. The summed E-state index contributed by atoms with van der Waals surface area (Å²) in [5.74, 6) is 0.153. The van der Waals surface area contributed by atoms with Gasteiger partial charge >= 0.3 is 0 Å². The van der Waals surface area contributed by atoms with E-state index < -0.39 is 0 Å². The molecular formula is C8H10BrN3O. The molecule has 0 fully saturated rings. The fraction of sp³-hybridized carbons (Fsp3) is 0.125. The lowest BCUT2D eigenvalue weighted by Gasteiger charge is -2.04. The first-order valence-electron chi connectivity index (χ1n) is 3.68. The maximum Gasteiger partial charge on any atom is 0.158 e. The van der Waals surface area contributed by atoms with E-state index >= 15 is 0 Å². The van der Waals surface area contributed by atoms with Gasteiger partial charge in [-0.1, -0.05) is 27.2 Å². The molecule has 0 unspecified atom stereocenters. The van der Waals surface area contributed by atoms with Gasteiger partial charge in [-0.25, -0.2) is 0 Å². The van der Waals surface area contributed by atoms with Gasteiger partial charge in [-0.2, -0.15) is 0 Å². The van der Waals surface area contributed by atoms with E-state index in [1.165, 1.54) is 0 Å². The Morgan fingerprint density at radius 2 is 2.38 bits per heavy atom. The minimum Gasteiger partial charge on any atom is -0.409 e. The Balaban J connectivity index is 2.55. The maximum atomic E-state index is 8.28. The van der Waals surface area contributed by atoms with Gasteiger partial charge < -0.3 is 16.3 Å². The highest BCUT2D eigenvalue weighted by Crippen LogP contribution is 2.14. The first-order valence-corrected chi connectivity index (χ1v) is 4.47. The highest BCUT2D eigenvalue weighted by Gasteiger charge is 1.94. The Hall–Kier alpha value is -1.23. The highest BCUT2D eigenvalue weighted by atomic mass is 79.9. The van der Waals surface area contributed by atoms with Crippen molar-refractivity contribution in [2.24, 2.45) is 10.9 Å². The molecule has 0 aromatic heterocycles. The van der Waals surface area contributed by atoms with E-state index in [9.17, 15) is 0 Å². The molecule has 13 heavy (non-hydrogen) atoms. The van der Waals surface area contributed by atoms with Crippen LogP contribution >= 0.6 is 15.9 Å². The van der Waals surface area contributed by atoms with E-state index in [4.69, 9.17) is 10.9 Å². The van der Waals surface area contributed by atoms with Gasteiger partial charge in [0.05, 0.1) is 6.54 Å². The SMILES string of the molecule is N/C(CNc1cccc(Br)c1)=N/O. The third kappa shape index (κ3) is 3.33. The van der Waals surface area contributed by atoms with Crippen LogP contribution in [0.1, 0.15) is 0 Å². The Morgan fingerprint density at radius 1 is 1.62 bits per heavy atom. The smallest absolute Gasteiger partial charge is 0.158 e. The van der Waals surface area contributed by atoms with E-state index in [2.05, 4.69) is 26.4 Å². The summed E-state index contributed by atoms with van der Waals surface area (Å²) in [6.07, 6.45) is 0. The van der Waals surface area contributed by atoms with E-state index in [0.29, 0.717) is 6.54 Å². The number of anilines is 1. The van der Waals surface area contributed by atoms with Gasteiger partial charge in [-0.05, 0) is 18.2 Å². The molecule has 0 atom stereocenters. The molecule has 0 amide bonds. The average molecular weight is 244 g/mol. The Labute approximate surface area is 84.6 Å². The molecule has 0 saturated carbocycles. The molecule has 4 nitrogen and oxygen atoms in total. The predicted octanol–water partition coefficient (Wildman–Crippen LogP) is 1.61. The summed E-state index contributed by atoms with van der Waals surface area (Å²) in [4.78, 5) is 0. The molecule has 4 N–H and O–H groups in total. The molecule has 0 aliphatic heterocycles. The van der Waals surface area contributed by atoms with E-state index in [-0.39, 0.29) is 5.84 Å². The van der Waals surface area contributed by atoms with Crippen LogP contribution in [0.15, 0.2) is 33.9 Å². The average Bonchev–Trinajstić information content (AvgIpc) is 2.14. The van der Waals surface area contributed by atoms with Crippen LogP contribution in [0.2, 0.25) is 0 Å². The molecule has 70 valence electrons. The first kappa shape index (κ1) is 9.85. The largest absolute Gasteiger partial charge is 0.409 e. The molecule has 0 heterocycles. The zero-order chi connectivity index (χ0) is 9.68. The number of nitrogens with one attached hydrogen (secondary N) is 1. The van der Waals surface area contributed by atoms with Crippen molar-refractivity contribution in [3.63, 3.8) is 0 Å². The van der Waals surface area contributed by atoms with Crippen LogP contribution in [0.3, 0.4) is 0 Å². The van der Waals surface area contributed by atoms with Gasteiger partial charge in [0.15, 0.2) is 5.84 Å². The number of halogens is 1. The van der Waals surface area contributed by atoms with Crippen LogP contribution in [0.4, 0.5) is 5.69 Å². The Morgan fingerprint density at radius 3 is 3.00 bits per heavy atom. The van der Waals surface area contributed by atoms with Crippen molar-refractivity contribution in [1.29, 1.82) is 0 Å². The Bertz CT molecular complexity index is 314.